The van der Waals surface area contributed by atoms with Crippen molar-refractivity contribution in [3.05, 3.63) is 173 Å². The van der Waals surface area contributed by atoms with Crippen molar-refractivity contribution in [2.24, 2.45) is 5.92 Å². The highest BCUT2D eigenvalue weighted by molar-refractivity contribution is 6.12. The molecule has 9 heteroatoms. The highest BCUT2D eigenvalue weighted by Crippen LogP contribution is 2.64. The van der Waals surface area contributed by atoms with Gasteiger partial charge in [-0.25, -0.2) is 0 Å². The molecule has 0 saturated carbocycles. The summed E-state index contributed by atoms with van der Waals surface area (Å²) in [5, 5.41) is 16.8. The lowest BCUT2D eigenvalue weighted by molar-refractivity contribution is -0.178. The summed E-state index contributed by atoms with van der Waals surface area (Å²) in [7, 11) is 0. The Kier molecular flexibility index (Phi) is 9.65. The number of allylic oxidation sites excluding steroid dienone is 2. The number of nitrogens with one attached hydrogen (secondary N) is 2. The molecule has 2 amide bonds. The number of nitrogens with zero attached hydrogens (tertiary/aromatic N) is 2. The molecule has 0 unspecified atom stereocenters. The number of esters is 1. The van der Waals surface area contributed by atoms with Crippen molar-refractivity contribution in [3.8, 4) is 17.6 Å². The lowest BCUT2D eigenvalue weighted by Crippen LogP contribution is -2.55. The van der Waals surface area contributed by atoms with Crippen LogP contribution in [0.1, 0.15) is 77.4 Å². The van der Waals surface area contributed by atoms with E-state index in [1.54, 1.807) is 30.5 Å². The number of fused-ring (bicyclic) bond motifs is 3. The predicted molar refractivity (Wildman–Crippen MR) is 216 cm³/mol. The molecule has 0 radical (unpaired) electrons. The number of carbonyl (C=O) groups excluding carboxylic acids is 3. The van der Waals surface area contributed by atoms with Crippen molar-refractivity contribution in [3.63, 3.8) is 0 Å². The Morgan fingerprint density at radius 1 is 0.860 bits per heavy atom. The SMILES string of the molecule is O=C1O[C@H](c2ccccc2)[C@H](c2ccccc2)N2[C@H]1[C@@H](C(=O)NCCc1ccccn1)[C@]1(C(=O)Nc3ccc(C#CC4=CCCCC4)cc31)[C@H]2c1ccc(O)cc1. The maximum Gasteiger partial charge on any atom is 0.324 e. The molecule has 4 aromatic carbocycles. The zero-order chi connectivity index (χ0) is 38.9. The minimum Gasteiger partial charge on any atom is -0.508 e. The summed E-state index contributed by atoms with van der Waals surface area (Å²) in [4.78, 5) is 51.9. The molecule has 3 N–H and O–H groups in total. The van der Waals surface area contributed by atoms with E-state index >= 15 is 9.59 Å². The molecule has 1 spiro atoms. The van der Waals surface area contributed by atoms with Crippen LogP contribution in [0.5, 0.6) is 5.75 Å². The molecule has 4 heterocycles. The molecule has 3 aliphatic heterocycles. The Morgan fingerprint density at radius 3 is 2.33 bits per heavy atom. The number of aromatic hydroxyl groups is 1. The van der Waals surface area contributed by atoms with Crippen LogP contribution >= 0.6 is 0 Å². The first-order chi connectivity index (χ1) is 27.9. The lowest BCUT2D eigenvalue weighted by Gasteiger charge is -2.46. The maximum absolute atomic E-state index is 15.3. The summed E-state index contributed by atoms with van der Waals surface area (Å²) < 4.78 is 6.50. The van der Waals surface area contributed by atoms with Gasteiger partial charge < -0.3 is 20.5 Å². The summed E-state index contributed by atoms with van der Waals surface area (Å²) in [6, 6.07) is 34.7. The van der Waals surface area contributed by atoms with Crippen molar-refractivity contribution >= 4 is 23.5 Å². The number of morpholine rings is 1. The highest BCUT2D eigenvalue weighted by Gasteiger charge is 2.74. The second kappa shape index (κ2) is 15.2. The number of carbonyl (C=O) groups is 3. The Labute approximate surface area is 331 Å². The normalized spacial score (nSPS) is 25.0. The van der Waals surface area contributed by atoms with Crippen LogP contribution in [0, 0.1) is 17.8 Å². The second-order valence-electron chi connectivity index (χ2n) is 15.2. The van der Waals surface area contributed by atoms with Gasteiger partial charge in [-0.2, -0.15) is 0 Å². The molecule has 5 aromatic rings. The van der Waals surface area contributed by atoms with E-state index in [1.165, 1.54) is 0 Å². The molecule has 0 bridgehead atoms. The van der Waals surface area contributed by atoms with Crippen LogP contribution in [-0.4, -0.2) is 45.4 Å². The van der Waals surface area contributed by atoms with Crippen LogP contribution in [0.3, 0.4) is 0 Å². The molecule has 9 rings (SSSR count). The minimum atomic E-state index is -1.63. The number of ether oxygens (including phenoxy) is 1. The number of phenolic OH excluding ortho intramolecular Hbond substituents is 1. The topological polar surface area (TPSA) is 121 Å². The fraction of sp³-hybridized carbons (Fsp3) is 0.250. The first-order valence-corrected chi connectivity index (χ1v) is 19.6. The van der Waals surface area contributed by atoms with E-state index in [9.17, 15) is 9.90 Å². The molecule has 1 aliphatic carbocycles. The fourth-order valence-electron chi connectivity index (χ4n) is 9.40. The average Bonchev–Trinajstić information content (AvgIpc) is 3.73. The molecule has 1 aromatic heterocycles. The summed E-state index contributed by atoms with van der Waals surface area (Å²) in [5.74, 6) is 4.10. The van der Waals surface area contributed by atoms with Crippen molar-refractivity contribution < 1.29 is 24.2 Å². The van der Waals surface area contributed by atoms with E-state index in [2.05, 4.69) is 33.5 Å². The van der Waals surface area contributed by atoms with Gasteiger partial charge in [0.05, 0.1) is 18.0 Å². The van der Waals surface area contributed by atoms with E-state index in [4.69, 9.17) is 4.74 Å². The molecule has 2 saturated heterocycles. The number of rotatable bonds is 7. The van der Waals surface area contributed by atoms with Crippen LogP contribution in [0.15, 0.2) is 139 Å². The first kappa shape index (κ1) is 36.2. The average molecular weight is 755 g/mol. The van der Waals surface area contributed by atoms with Crippen molar-refractivity contribution in [2.45, 2.75) is 61.7 Å². The predicted octanol–water partition coefficient (Wildman–Crippen LogP) is 7.27. The number of hydrogen-bond donors (Lipinski definition) is 3. The summed E-state index contributed by atoms with van der Waals surface area (Å²) in [6.07, 6.45) is 7.75. The number of hydrogen-bond acceptors (Lipinski definition) is 7. The number of cyclic esters (lactones) is 1. The first-order valence-electron chi connectivity index (χ1n) is 19.6. The van der Waals surface area contributed by atoms with Gasteiger partial charge in [0.2, 0.25) is 11.8 Å². The molecule has 57 heavy (non-hydrogen) atoms. The number of phenols is 1. The molecule has 6 atom stereocenters. The maximum atomic E-state index is 15.3. The third-order valence-electron chi connectivity index (χ3n) is 11.9. The van der Waals surface area contributed by atoms with E-state index < -0.39 is 53.3 Å². The molecular weight excluding hydrogens is 713 g/mol. The monoisotopic (exact) mass is 754 g/mol. The van der Waals surface area contributed by atoms with Gasteiger partial charge in [0.1, 0.15) is 23.3 Å². The van der Waals surface area contributed by atoms with Gasteiger partial charge in [-0.05, 0) is 96.0 Å². The largest absolute Gasteiger partial charge is 0.508 e. The van der Waals surface area contributed by atoms with Gasteiger partial charge in [-0.15, -0.1) is 0 Å². The van der Waals surface area contributed by atoms with E-state index in [-0.39, 0.29) is 12.3 Å². The molecule has 4 aliphatic rings. The van der Waals surface area contributed by atoms with Gasteiger partial charge in [-0.3, -0.25) is 24.3 Å². The smallest absolute Gasteiger partial charge is 0.324 e. The Balaban J connectivity index is 1.27. The summed E-state index contributed by atoms with van der Waals surface area (Å²) in [5.41, 5.74) is 4.41. The number of anilines is 1. The second-order valence-corrected chi connectivity index (χ2v) is 15.2. The van der Waals surface area contributed by atoms with E-state index in [1.807, 2.05) is 102 Å². The minimum absolute atomic E-state index is 0.0526. The lowest BCUT2D eigenvalue weighted by atomic mass is 9.65. The van der Waals surface area contributed by atoms with Gasteiger partial charge in [-0.1, -0.05) is 96.8 Å². The Hall–Kier alpha value is -6.50. The van der Waals surface area contributed by atoms with Crippen LogP contribution in [0.4, 0.5) is 5.69 Å². The number of benzene rings is 4. The van der Waals surface area contributed by atoms with Crippen molar-refractivity contribution in [1.82, 2.24) is 15.2 Å². The van der Waals surface area contributed by atoms with Gasteiger partial charge >= 0.3 is 5.97 Å². The zero-order valence-electron chi connectivity index (χ0n) is 31.3. The summed E-state index contributed by atoms with van der Waals surface area (Å²) >= 11 is 0. The molecule has 284 valence electrons. The third kappa shape index (κ3) is 6.46. The van der Waals surface area contributed by atoms with Gasteiger partial charge in [0.15, 0.2) is 0 Å². The van der Waals surface area contributed by atoms with Crippen molar-refractivity contribution in [2.75, 3.05) is 11.9 Å². The van der Waals surface area contributed by atoms with E-state index in [0.717, 1.165) is 48.1 Å². The third-order valence-corrected chi connectivity index (χ3v) is 11.9. The number of pyridine rings is 1. The standard InChI is InChI=1S/C48H42N4O5/c53-37-24-22-35(23-25-37)44-48(38-30-32(21-26-39(38)51-47(48)56)20-19-31-12-4-1-5-13-31)40(45(54)50-29-27-36-18-10-11-28-49-36)42-46(55)57-43(34-16-8-3-9-17-34)41(52(42)44)33-14-6-2-7-15-33/h2-3,6-12,14-18,21-26,28,30,40-44,53H,1,4-5,13,27,29H2,(H,50,54)(H,51,56)/t40-,41-,42-,43+,44+,48-/m0/s1. The van der Waals surface area contributed by atoms with Crippen LogP contribution in [0.25, 0.3) is 0 Å². The van der Waals surface area contributed by atoms with Crippen LogP contribution in [-0.2, 0) is 31.0 Å². The van der Waals surface area contributed by atoms with Gasteiger partial charge in [0.25, 0.3) is 0 Å². The van der Waals surface area contributed by atoms with Crippen LogP contribution in [0.2, 0.25) is 0 Å². The fourth-order valence-corrected chi connectivity index (χ4v) is 9.40. The Morgan fingerprint density at radius 2 is 1.61 bits per heavy atom. The quantitative estimate of drug-likeness (QED) is 0.118. The molecular formula is C48H42N4O5. The summed E-state index contributed by atoms with van der Waals surface area (Å²) in [6.45, 7) is 0.234. The number of aromatic nitrogens is 1. The molecule has 9 nitrogen and oxygen atoms in total. The number of amides is 2. The zero-order valence-corrected chi connectivity index (χ0v) is 31.3. The highest BCUT2D eigenvalue weighted by atomic mass is 16.6. The van der Waals surface area contributed by atoms with E-state index in [0.29, 0.717) is 28.8 Å². The van der Waals surface area contributed by atoms with Crippen LogP contribution < -0.4 is 10.6 Å². The Bertz CT molecular complexity index is 2410. The van der Waals surface area contributed by atoms with Crippen molar-refractivity contribution in [1.29, 1.82) is 0 Å². The van der Waals surface area contributed by atoms with Gasteiger partial charge in [0, 0.05) is 36.1 Å². The molecule has 2 fully saturated rings.